The average Bonchev–Trinajstić information content (AvgIpc) is 2.82. The van der Waals surface area contributed by atoms with Gasteiger partial charge in [0.05, 0.1) is 37.9 Å². The molecule has 94 valence electrons. The second-order valence-electron chi connectivity index (χ2n) is 4.92. The van der Waals surface area contributed by atoms with Crippen LogP contribution in [0.25, 0.3) is 16.5 Å². The van der Waals surface area contributed by atoms with E-state index in [9.17, 15) is 0 Å². The maximum Gasteiger partial charge on any atom is 0.129 e. The average molecular weight is 243 g/mol. The summed E-state index contributed by atoms with van der Waals surface area (Å²) in [4.78, 5) is 10.2. The van der Waals surface area contributed by atoms with Crippen LogP contribution in [0.2, 0.25) is 0 Å². The fourth-order valence-electron chi connectivity index (χ4n) is 2.52. The summed E-state index contributed by atoms with van der Waals surface area (Å²) in [6, 6.07) is 2.18. The van der Waals surface area contributed by atoms with Crippen LogP contribution in [0.3, 0.4) is 0 Å². The minimum absolute atomic E-state index is 1.07. The summed E-state index contributed by atoms with van der Waals surface area (Å²) in [5.41, 5.74) is 3.36. The number of aromatic nitrogens is 2. The van der Waals surface area contributed by atoms with Crippen LogP contribution in [0, 0.1) is 0 Å². The van der Waals surface area contributed by atoms with Crippen molar-refractivity contribution in [3.63, 3.8) is 0 Å². The van der Waals surface area contributed by atoms with Gasteiger partial charge in [0.1, 0.15) is 5.82 Å². The number of nitrogens with zero attached hydrogens (tertiary/aromatic N) is 2. The van der Waals surface area contributed by atoms with Crippen LogP contribution in [-0.4, -0.2) is 36.1 Å². The highest BCUT2D eigenvalue weighted by atomic mass is 15.2. The Bertz CT molecular complexity index is 578. The van der Waals surface area contributed by atoms with Crippen molar-refractivity contribution in [3.8, 4) is 0 Å². The SMILES string of the molecule is C=C(C)c1c[nH]c2cnc(N3CC[NH2+]CC3)cc12. The number of nitrogens with one attached hydrogen (secondary N) is 1. The summed E-state index contributed by atoms with van der Waals surface area (Å²) in [6.45, 7) is 10.5. The molecule has 0 aromatic carbocycles. The number of quaternary nitrogens is 1. The van der Waals surface area contributed by atoms with Gasteiger partial charge in [0, 0.05) is 17.1 Å². The lowest BCUT2D eigenvalue weighted by Crippen LogP contribution is -2.89. The molecule has 1 aliphatic heterocycles. The minimum Gasteiger partial charge on any atom is -0.359 e. The maximum absolute atomic E-state index is 4.55. The van der Waals surface area contributed by atoms with Crippen LogP contribution in [0.1, 0.15) is 12.5 Å². The Morgan fingerprint density at radius 2 is 2.22 bits per heavy atom. The number of hydrogen-bond acceptors (Lipinski definition) is 2. The van der Waals surface area contributed by atoms with Crippen LogP contribution >= 0.6 is 0 Å². The Labute approximate surface area is 107 Å². The normalized spacial score (nSPS) is 16.2. The van der Waals surface area contributed by atoms with Crippen molar-refractivity contribution in [3.05, 3.63) is 30.6 Å². The van der Waals surface area contributed by atoms with Gasteiger partial charge in [-0.15, -0.1) is 0 Å². The van der Waals surface area contributed by atoms with Crippen molar-refractivity contribution in [2.75, 3.05) is 31.1 Å². The Kier molecular flexibility index (Phi) is 2.80. The maximum atomic E-state index is 4.55. The zero-order valence-corrected chi connectivity index (χ0v) is 10.7. The highest BCUT2D eigenvalue weighted by Crippen LogP contribution is 2.26. The number of fused-ring (bicyclic) bond motifs is 1. The van der Waals surface area contributed by atoms with Gasteiger partial charge in [0.2, 0.25) is 0 Å². The van der Waals surface area contributed by atoms with E-state index in [0.29, 0.717) is 0 Å². The van der Waals surface area contributed by atoms with E-state index in [2.05, 4.69) is 32.8 Å². The zero-order valence-electron chi connectivity index (χ0n) is 10.7. The molecule has 4 nitrogen and oxygen atoms in total. The van der Waals surface area contributed by atoms with Gasteiger partial charge in [-0.3, -0.25) is 0 Å². The molecular formula is C14H19N4+. The summed E-state index contributed by atoms with van der Waals surface area (Å²) in [6.07, 6.45) is 3.94. The molecule has 0 amide bonds. The minimum atomic E-state index is 1.07. The molecule has 2 aromatic rings. The molecule has 2 aromatic heterocycles. The highest BCUT2D eigenvalue weighted by Gasteiger charge is 2.15. The standard InChI is InChI=1S/C14H18N4/c1-10(2)12-8-16-13-9-17-14(7-11(12)13)18-5-3-15-4-6-18/h7-9,15-16H,1,3-6H2,2H3/p+1. The van der Waals surface area contributed by atoms with Gasteiger partial charge in [-0.1, -0.05) is 6.58 Å². The molecule has 0 bridgehead atoms. The van der Waals surface area contributed by atoms with E-state index in [0.717, 1.165) is 43.1 Å². The largest absolute Gasteiger partial charge is 0.359 e. The topological polar surface area (TPSA) is 48.5 Å². The number of piperazine rings is 1. The lowest BCUT2D eigenvalue weighted by atomic mass is 10.1. The third-order valence-corrected chi connectivity index (χ3v) is 3.54. The number of rotatable bonds is 2. The summed E-state index contributed by atoms with van der Waals surface area (Å²) < 4.78 is 0. The zero-order chi connectivity index (χ0) is 12.5. The van der Waals surface area contributed by atoms with Gasteiger partial charge in [-0.05, 0) is 18.6 Å². The highest BCUT2D eigenvalue weighted by molar-refractivity contribution is 5.92. The molecule has 3 N–H and O–H groups in total. The number of allylic oxidation sites excluding steroid dienone is 1. The predicted octanol–water partition coefficient (Wildman–Crippen LogP) is 0.979. The molecule has 0 radical (unpaired) electrons. The first-order valence-electron chi connectivity index (χ1n) is 6.45. The van der Waals surface area contributed by atoms with Crippen molar-refractivity contribution in [1.29, 1.82) is 0 Å². The number of nitrogens with two attached hydrogens (primary N) is 1. The van der Waals surface area contributed by atoms with Gasteiger partial charge in [-0.25, -0.2) is 4.98 Å². The predicted molar refractivity (Wildman–Crippen MR) is 74.7 cm³/mol. The molecule has 0 saturated carbocycles. The molecule has 4 heteroatoms. The lowest BCUT2D eigenvalue weighted by molar-refractivity contribution is -0.655. The van der Waals surface area contributed by atoms with Crippen molar-refractivity contribution in [1.82, 2.24) is 9.97 Å². The summed E-state index contributed by atoms with van der Waals surface area (Å²) in [5.74, 6) is 1.08. The molecular weight excluding hydrogens is 224 g/mol. The Morgan fingerprint density at radius 1 is 1.44 bits per heavy atom. The summed E-state index contributed by atoms with van der Waals surface area (Å²) >= 11 is 0. The molecule has 0 spiro atoms. The molecule has 3 heterocycles. The van der Waals surface area contributed by atoms with Gasteiger partial charge in [0.25, 0.3) is 0 Å². The van der Waals surface area contributed by atoms with E-state index in [1.165, 1.54) is 10.9 Å². The number of anilines is 1. The second kappa shape index (κ2) is 4.46. The number of aromatic amines is 1. The van der Waals surface area contributed by atoms with E-state index in [-0.39, 0.29) is 0 Å². The lowest BCUT2D eigenvalue weighted by Gasteiger charge is -2.26. The quantitative estimate of drug-likeness (QED) is 0.826. The van der Waals surface area contributed by atoms with E-state index < -0.39 is 0 Å². The Balaban J connectivity index is 2.03. The molecule has 1 fully saturated rings. The number of hydrogen-bond donors (Lipinski definition) is 2. The third-order valence-electron chi connectivity index (χ3n) is 3.54. The monoisotopic (exact) mass is 243 g/mol. The van der Waals surface area contributed by atoms with Crippen molar-refractivity contribution < 1.29 is 5.32 Å². The van der Waals surface area contributed by atoms with Crippen molar-refractivity contribution in [2.24, 2.45) is 0 Å². The van der Waals surface area contributed by atoms with Crippen LogP contribution in [0.4, 0.5) is 5.82 Å². The summed E-state index contributed by atoms with van der Waals surface area (Å²) in [5, 5.41) is 3.58. The van der Waals surface area contributed by atoms with Crippen LogP contribution in [0.15, 0.2) is 25.0 Å². The van der Waals surface area contributed by atoms with Crippen LogP contribution < -0.4 is 10.2 Å². The van der Waals surface area contributed by atoms with Gasteiger partial charge < -0.3 is 15.2 Å². The molecule has 0 atom stereocenters. The van der Waals surface area contributed by atoms with Gasteiger partial charge in [0.15, 0.2) is 0 Å². The van der Waals surface area contributed by atoms with Gasteiger partial charge in [-0.2, -0.15) is 0 Å². The van der Waals surface area contributed by atoms with E-state index >= 15 is 0 Å². The first kappa shape index (κ1) is 11.3. The molecule has 1 saturated heterocycles. The number of pyridine rings is 1. The Morgan fingerprint density at radius 3 is 2.94 bits per heavy atom. The fraction of sp³-hybridized carbons (Fsp3) is 0.357. The molecule has 0 aliphatic carbocycles. The third kappa shape index (κ3) is 1.88. The molecule has 1 aliphatic rings. The molecule has 3 rings (SSSR count). The summed E-state index contributed by atoms with van der Waals surface area (Å²) in [7, 11) is 0. The Hall–Kier alpha value is -1.81. The fourth-order valence-corrected chi connectivity index (χ4v) is 2.52. The van der Waals surface area contributed by atoms with E-state index in [4.69, 9.17) is 0 Å². The van der Waals surface area contributed by atoms with Crippen LogP contribution in [0.5, 0.6) is 0 Å². The van der Waals surface area contributed by atoms with E-state index in [1.54, 1.807) is 0 Å². The first-order chi connectivity index (χ1) is 8.75. The second-order valence-corrected chi connectivity index (χ2v) is 4.92. The van der Waals surface area contributed by atoms with Crippen LogP contribution in [-0.2, 0) is 0 Å². The first-order valence-corrected chi connectivity index (χ1v) is 6.45. The smallest absolute Gasteiger partial charge is 0.129 e. The molecule has 0 unspecified atom stereocenters. The number of H-pyrrole nitrogens is 1. The van der Waals surface area contributed by atoms with Crippen molar-refractivity contribution >= 4 is 22.3 Å². The van der Waals surface area contributed by atoms with Crippen molar-refractivity contribution in [2.45, 2.75) is 6.92 Å². The van der Waals surface area contributed by atoms with E-state index in [1.807, 2.05) is 19.3 Å². The molecule has 18 heavy (non-hydrogen) atoms. The van der Waals surface area contributed by atoms with Gasteiger partial charge >= 0.3 is 0 Å².